The van der Waals surface area contributed by atoms with Crippen molar-refractivity contribution < 1.29 is 18.3 Å². The van der Waals surface area contributed by atoms with E-state index in [1.165, 1.54) is 28.0 Å². The van der Waals surface area contributed by atoms with Crippen LogP contribution < -0.4 is 4.72 Å². The van der Waals surface area contributed by atoms with Gasteiger partial charge in [0, 0.05) is 19.8 Å². The zero-order chi connectivity index (χ0) is 14.8. The Labute approximate surface area is 114 Å². The molecule has 0 aromatic carbocycles. The molecule has 0 fully saturated rings. The molecule has 2 aromatic heterocycles. The number of sulfonamides is 1. The number of aromatic nitrogens is 5. The van der Waals surface area contributed by atoms with E-state index in [1.54, 1.807) is 7.05 Å². The SMILES string of the molecule is Cn1cc(S(=O)(=O)NCCn2cc(C(=O)O)nn2)cn1. The van der Waals surface area contributed by atoms with Crippen LogP contribution in [0.15, 0.2) is 23.5 Å². The number of aromatic carboxylic acids is 1. The Balaban J connectivity index is 1.93. The molecule has 2 rings (SSSR count). The number of carbonyl (C=O) groups is 1. The minimum atomic E-state index is -3.63. The Morgan fingerprint density at radius 1 is 1.45 bits per heavy atom. The zero-order valence-corrected chi connectivity index (χ0v) is 11.3. The fourth-order valence-electron chi connectivity index (χ4n) is 1.42. The predicted molar refractivity (Wildman–Crippen MR) is 65.4 cm³/mol. The summed E-state index contributed by atoms with van der Waals surface area (Å²) in [5.41, 5.74) is -0.194. The van der Waals surface area contributed by atoms with Crippen molar-refractivity contribution in [2.45, 2.75) is 11.4 Å². The van der Waals surface area contributed by atoms with Gasteiger partial charge in [0.25, 0.3) is 0 Å². The third-order valence-corrected chi connectivity index (χ3v) is 3.80. The summed E-state index contributed by atoms with van der Waals surface area (Å²) in [6.45, 7) is 0.222. The summed E-state index contributed by atoms with van der Waals surface area (Å²) >= 11 is 0. The molecule has 0 aliphatic heterocycles. The zero-order valence-electron chi connectivity index (χ0n) is 10.5. The average molecular weight is 300 g/mol. The summed E-state index contributed by atoms with van der Waals surface area (Å²) < 4.78 is 28.7. The van der Waals surface area contributed by atoms with Crippen LogP contribution in [0, 0.1) is 0 Å². The first-order chi connectivity index (χ1) is 9.38. The highest BCUT2D eigenvalue weighted by molar-refractivity contribution is 7.89. The van der Waals surface area contributed by atoms with Crippen LogP contribution in [0.5, 0.6) is 0 Å². The van der Waals surface area contributed by atoms with Crippen LogP contribution in [-0.2, 0) is 23.6 Å². The van der Waals surface area contributed by atoms with Gasteiger partial charge in [0.2, 0.25) is 10.0 Å². The molecule has 108 valence electrons. The van der Waals surface area contributed by atoms with Crippen molar-refractivity contribution >= 4 is 16.0 Å². The first kappa shape index (κ1) is 14.1. The Bertz CT molecular complexity index is 718. The minimum Gasteiger partial charge on any atom is -0.476 e. The minimum absolute atomic E-state index is 0.0552. The third kappa shape index (κ3) is 3.19. The van der Waals surface area contributed by atoms with Gasteiger partial charge in [-0.3, -0.25) is 9.36 Å². The van der Waals surface area contributed by atoms with Crippen molar-refractivity contribution in [2.24, 2.45) is 7.05 Å². The Morgan fingerprint density at radius 2 is 2.20 bits per heavy atom. The van der Waals surface area contributed by atoms with Gasteiger partial charge in [-0.05, 0) is 0 Å². The Morgan fingerprint density at radius 3 is 2.75 bits per heavy atom. The van der Waals surface area contributed by atoms with Gasteiger partial charge >= 0.3 is 5.97 Å². The van der Waals surface area contributed by atoms with Crippen molar-refractivity contribution in [1.82, 2.24) is 29.5 Å². The molecule has 0 aliphatic carbocycles. The predicted octanol–water partition coefficient (Wildman–Crippen LogP) is -1.31. The normalized spacial score (nSPS) is 11.7. The number of aryl methyl sites for hydroxylation is 1. The first-order valence-electron chi connectivity index (χ1n) is 5.50. The van der Waals surface area contributed by atoms with Crippen LogP contribution in [0.3, 0.4) is 0 Å². The number of carboxylic acids is 1. The summed E-state index contributed by atoms with van der Waals surface area (Å²) in [5, 5.41) is 19.4. The van der Waals surface area contributed by atoms with Crippen molar-refractivity contribution in [3.63, 3.8) is 0 Å². The van der Waals surface area contributed by atoms with Crippen molar-refractivity contribution in [2.75, 3.05) is 6.54 Å². The number of rotatable bonds is 6. The van der Waals surface area contributed by atoms with E-state index in [9.17, 15) is 13.2 Å². The number of nitrogens with one attached hydrogen (secondary N) is 1. The molecule has 2 heterocycles. The van der Waals surface area contributed by atoms with Crippen molar-refractivity contribution in [1.29, 1.82) is 0 Å². The lowest BCUT2D eigenvalue weighted by Gasteiger charge is -2.04. The lowest BCUT2D eigenvalue weighted by Crippen LogP contribution is -2.27. The molecule has 20 heavy (non-hydrogen) atoms. The van der Waals surface area contributed by atoms with E-state index in [4.69, 9.17) is 5.11 Å². The van der Waals surface area contributed by atoms with E-state index in [1.807, 2.05) is 0 Å². The molecule has 11 heteroatoms. The molecule has 2 aromatic rings. The van der Waals surface area contributed by atoms with E-state index in [0.29, 0.717) is 0 Å². The number of nitrogens with zero attached hydrogens (tertiary/aromatic N) is 5. The molecule has 0 aliphatic rings. The molecule has 2 N–H and O–H groups in total. The highest BCUT2D eigenvalue weighted by Gasteiger charge is 2.15. The highest BCUT2D eigenvalue weighted by Crippen LogP contribution is 2.05. The second-order valence-corrected chi connectivity index (χ2v) is 5.69. The van der Waals surface area contributed by atoms with Crippen LogP contribution >= 0.6 is 0 Å². The quantitative estimate of drug-likeness (QED) is 0.676. The van der Waals surface area contributed by atoms with E-state index in [2.05, 4.69) is 20.1 Å². The van der Waals surface area contributed by atoms with E-state index in [-0.39, 0.29) is 23.7 Å². The second kappa shape index (κ2) is 5.38. The van der Waals surface area contributed by atoms with Gasteiger partial charge in [-0.25, -0.2) is 17.9 Å². The Hall–Kier alpha value is -2.27. The van der Waals surface area contributed by atoms with Crippen LogP contribution in [0.2, 0.25) is 0 Å². The largest absolute Gasteiger partial charge is 0.476 e. The van der Waals surface area contributed by atoms with Gasteiger partial charge in [-0.1, -0.05) is 5.21 Å². The smallest absolute Gasteiger partial charge is 0.358 e. The molecule has 10 nitrogen and oxygen atoms in total. The summed E-state index contributed by atoms with van der Waals surface area (Å²) in [4.78, 5) is 10.7. The van der Waals surface area contributed by atoms with Gasteiger partial charge < -0.3 is 5.11 Å². The van der Waals surface area contributed by atoms with Gasteiger partial charge in [-0.15, -0.1) is 5.10 Å². The van der Waals surface area contributed by atoms with Crippen LogP contribution in [0.4, 0.5) is 0 Å². The maximum Gasteiger partial charge on any atom is 0.358 e. The molecule has 0 saturated heterocycles. The van der Waals surface area contributed by atoms with E-state index >= 15 is 0 Å². The lowest BCUT2D eigenvalue weighted by molar-refractivity contribution is 0.0690. The van der Waals surface area contributed by atoms with Crippen LogP contribution in [-0.4, -0.2) is 50.8 Å². The van der Waals surface area contributed by atoms with Gasteiger partial charge in [0.1, 0.15) is 4.90 Å². The van der Waals surface area contributed by atoms with E-state index < -0.39 is 16.0 Å². The lowest BCUT2D eigenvalue weighted by atomic mass is 10.5. The topological polar surface area (TPSA) is 132 Å². The molecule has 0 spiro atoms. The van der Waals surface area contributed by atoms with Crippen LogP contribution in [0.1, 0.15) is 10.5 Å². The van der Waals surface area contributed by atoms with Gasteiger partial charge in [0.05, 0.1) is 18.9 Å². The second-order valence-electron chi connectivity index (χ2n) is 3.92. The maximum absolute atomic E-state index is 11.8. The number of hydrogen-bond donors (Lipinski definition) is 2. The van der Waals surface area contributed by atoms with Crippen LogP contribution in [0.25, 0.3) is 0 Å². The molecular weight excluding hydrogens is 288 g/mol. The summed E-state index contributed by atoms with van der Waals surface area (Å²) in [6, 6.07) is 0. The fourth-order valence-corrected chi connectivity index (χ4v) is 2.43. The molecule has 0 saturated carbocycles. The molecule has 0 unspecified atom stereocenters. The standard InChI is InChI=1S/C9H12N6O4S/c1-14-5-7(4-10-14)20(18,19)11-2-3-15-6-8(9(16)17)12-13-15/h4-6,11H,2-3H2,1H3,(H,16,17). The summed E-state index contributed by atoms with van der Waals surface area (Å²) in [7, 11) is -2.02. The fraction of sp³-hybridized carbons (Fsp3) is 0.333. The molecular formula is C9H12N6O4S. The monoisotopic (exact) mass is 300 g/mol. The average Bonchev–Trinajstić information content (AvgIpc) is 2.98. The Kier molecular flexibility index (Phi) is 3.81. The molecule has 0 atom stereocenters. The first-order valence-corrected chi connectivity index (χ1v) is 6.98. The molecule has 0 amide bonds. The third-order valence-electron chi connectivity index (χ3n) is 2.38. The number of hydrogen-bond acceptors (Lipinski definition) is 6. The summed E-state index contributed by atoms with van der Waals surface area (Å²) in [5.74, 6) is -1.19. The maximum atomic E-state index is 11.8. The van der Waals surface area contributed by atoms with Crippen molar-refractivity contribution in [3.05, 3.63) is 24.3 Å². The molecule has 0 bridgehead atoms. The summed E-state index contributed by atoms with van der Waals surface area (Å²) in [6.07, 6.45) is 3.83. The van der Waals surface area contributed by atoms with Gasteiger partial charge in [-0.2, -0.15) is 5.10 Å². The van der Waals surface area contributed by atoms with Gasteiger partial charge in [0.15, 0.2) is 5.69 Å². The van der Waals surface area contributed by atoms with E-state index in [0.717, 1.165) is 0 Å². The number of carboxylic acid groups (broad SMARTS) is 1. The highest BCUT2D eigenvalue weighted by atomic mass is 32.2. The van der Waals surface area contributed by atoms with Crippen molar-refractivity contribution in [3.8, 4) is 0 Å². The molecule has 0 radical (unpaired) electrons.